The van der Waals surface area contributed by atoms with E-state index in [0.29, 0.717) is 36.4 Å². The maximum Gasteiger partial charge on any atom is 0.337 e. The van der Waals surface area contributed by atoms with E-state index in [0.717, 1.165) is 5.56 Å². The molecule has 4 aromatic rings. The highest BCUT2D eigenvalue weighted by molar-refractivity contribution is 7.89. The van der Waals surface area contributed by atoms with Crippen molar-refractivity contribution in [2.24, 2.45) is 0 Å². The molecule has 0 spiro atoms. The Morgan fingerprint density at radius 2 is 1.84 bits per heavy atom. The molecule has 1 saturated heterocycles. The predicted molar refractivity (Wildman–Crippen MR) is 135 cm³/mol. The third-order valence-corrected chi connectivity index (χ3v) is 8.79. The molecule has 0 saturated carbocycles. The third kappa shape index (κ3) is 4.87. The van der Waals surface area contributed by atoms with E-state index in [-0.39, 0.29) is 34.4 Å². The lowest BCUT2D eigenvalue weighted by Gasteiger charge is -2.30. The van der Waals surface area contributed by atoms with Gasteiger partial charge in [-0.15, -0.1) is 5.10 Å². The molecule has 1 fully saturated rings. The van der Waals surface area contributed by atoms with Crippen LogP contribution in [0.4, 0.5) is 0 Å². The first kappa shape index (κ1) is 25.1. The zero-order chi connectivity index (χ0) is 26.2. The minimum absolute atomic E-state index is 0.0812. The van der Waals surface area contributed by atoms with Crippen molar-refractivity contribution in [2.45, 2.75) is 30.2 Å². The van der Waals surface area contributed by atoms with Crippen LogP contribution < -0.4 is 5.56 Å². The number of H-pyrrole nitrogens is 1. The Kier molecular flexibility index (Phi) is 6.80. The fourth-order valence-electron chi connectivity index (χ4n) is 4.38. The highest BCUT2D eigenvalue weighted by Crippen LogP contribution is 2.31. The molecule has 0 aliphatic carbocycles. The van der Waals surface area contributed by atoms with Gasteiger partial charge in [0.15, 0.2) is 11.2 Å². The van der Waals surface area contributed by atoms with Gasteiger partial charge in [0.1, 0.15) is 10.7 Å². The van der Waals surface area contributed by atoms with Crippen molar-refractivity contribution in [3.63, 3.8) is 0 Å². The normalized spacial score (nSPS) is 15.2. The molecule has 5 rings (SSSR count). The van der Waals surface area contributed by atoms with Gasteiger partial charge in [-0.3, -0.25) is 4.79 Å². The molecule has 0 atom stereocenters. The van der Waals surface area contributed by atoms with Gasteiger partial charge >= 0.3 is 5.97 Å². The van der Waals surface area contributed by atoms with Crippen molar-refractivity contribution in [2.75, 3.05) is 20.2 Å². The van der Waals surface area contributed by atoms with Crippen LogP contribution in [-0.4, -0.2) is 63.9 Å². The number of hydrogen-bond acceptors (Lipinski definition) is 8. The van der Waals surface area contributed by atoms with E-state index >= 15 is 0 Å². The van der Waals surface area contributed by atoms with E-state index in [9.17, 15) is 18.0 Å². The summed E-state index contributed by atoms with van der Waals surface area (Å²) in [5.41, 5.74) is 1.31. The van der Waals surface area contributed by atoms with Crippen LogP contribution >= 0.6 is 11.6 Å². The molecule has 0 amide bonds. The summed E-state index contributed by atoms with van der Waals surface area (Å²) in [4.78, 5) is 31.9. The van der Waals surface area contributed by atoms with Crippen molar-refractivity contribution in [1.82, 2.24) is 29.3 Å². The van der Waals surface area contributed by atoms with E-state index in [1.54, 1.807) is 42.5 Å². The van der Waals surface area contributed by atoms with E-state index in [2.05, 4.69) is 20.3 Å². The zero-order valence-corrected chi connectivity index (χ0v) is 21.4. The molecule has 0 unspecified atom stereocenters. The van der Waals surface area contributed by atoms with Crippen LogP contribution in [0.1, 0.15) is 40.5 Å². The predicted octanol–water partition coefficient (Wildman–Crippen LogP) is 2.57. The first-order valence-electron chi connectivity index (χ1n) is 11.5. The molecule has 1 N–H and O–H groups in total. The fraction of sp³-hybridized carbons (Fsp3) is 0.292. The van der Waals surface area contributed by atoms with Gasteiger partial charge in [0.25, 0.3) is 5.56 Å². The number of benzene rings is 2. The van der Waals surface area contributed by atoms with E-state index in [4.69, 9.17) is 16.3 Å². The summed E-state index contributed by atoms with van der Waals surface area (Å²) in [6.07, 6.45) is 0.962. The van der Waals surface area contributed by atoms with E-state index < -0.39 is 21.6 Å². The summed E-state index contributed by atoms with van der Waals surface area (Å²) in [5, 5.41) is 8.25. The summed E-state index contributed by atoms with van der Waals surface area (Å²) < 4.78 is 33.8. The largest absolute Gasteiger partial charge is 0.465 e. The summed E-state index contributed by atoms with van der Waals surface area (Å²) in [7, 11) is -2.41. The van der Waals surface area contributed by atoms with Gasteiger partial charge < -0.3 is 9.72 Å². The Hall–Kier alpha value is -3.61. The minimum atomic E-state index is -3.73. The summed E-state index contributed by atoms with van der Waals surface area (Å²) >= 11 is 6.13. The molecule has 3 heterocycles. The second-order valence-corrected chi connectivity index (χ2v) is 11.0. The molecule has 1 aliphatic heterocycles. The van der Waals surface area contributed by atoms with Crippen molar-refractivity contribution in [3.05, 3.63) is 80.9 Å². The Morgan fingerprint density at radius 3 is 2.51 bits per heavy atom. The number of carbonyl (C=O) groups is 1. The number of aromatic amines is 1. The highest BCUT2D eigenvalue weighted by atomic mass is 35.5. The first-order chi connectivity index (χ1) is 17.8. The van der Waals surface area contributed by atoms with Crippen LogP contribution in [0.2, 0.25) is 5.02 Å². The van der Waals surface area contributed by atoms with E-state index in [1.165, 1.54) is 22.2 Å². The Morgan fingerprint density at radius 1 is 1.14 bits per heavy atom. The highest BCUT2D eigenvalue weighted by Gasteiger charge is 2.32. The standard InChI is InChI=1S/C24H23ClN6O5S/c1-36-24(33)17-8-6-15(7-9-17)14-31-22-20(28-29-31)23(32)27-21(26-22)16-10-12-30(13-11-16)37(34,35)19-5-3-2-4-18(19)25/h2-9,16H,10-14H2,1H3,(H,26,27,32). The monoisotopic (exact) mass is 542 g/mol. The maximum absolute atomic E-state index is 13.1. The van der Waals surface area contributed by atoms with E-state index in [1.807, 2.05) is 0 Å². The van der Waals surface area contributed by atoms with Gasteiger partial charge in [-0.2, -0.15) is 4.31 Å². The van der Waals surface area contributed by atoms with Crippen LogP contribution in [-0.2, 0) is 21.3 Å². The fourth-order valence-corrected chi connectivity index (χ4v) is 6.35. The van der Waals surface area contributed by atoms with Crippen LogP contribution in [0, 0.1) is 0 Å². The molecule has 2 aromatic heterocycles. The molecule has 192 valence electrons. The molecule has 2 aromatic carbocycles. The average Bonchev–Trinajstić information content (AvgIpc) is 3.32. The molecule has 1 aliphatic rings. The topological polar surface area (TPSA) is 140 Å². The number of nitrogens with one attached hydrogen (secondary N) is 1. The number of piperidine rings is 1. The third-order valence-electron chi connectivity index (χ3n) is 6.39. The van der Waals surface area contributed by atoms with Crippen LogP contribution in [0.15, 0.2) is 58.2 Å². The number of halogens is 1. The number of aromatic nitrogens is 5. The molecule has 0 bridgehead atoms. The van der Waals surface area contributed by atoms with Crippen molar-refractivity contribution >= 4 is 38.8 Å². The molecular weight excluding hydrogens is 520 g/mol. The van der Waals surface area contributed by atoms with Crippen LogP contribution in [0.25, 0.3) is 11.2 Å². The second-order valence-electron chi connectivity index (χ2n) is 8.67. The quantitative estimate of drug-likeness (QED) is 0.367. The molecule has 37 heavy (non-hydrogen) atoms. The maximum atomic E-state index is 13.1. The van der Waals surface area contributed by atoms with Gasteiger partial charge in [-0.25, -0.2) is 22.9 Å². The zero-order valence-electron chi connectivity index (χ0n) is 19.8. The Bertz CT molecular complexity index is 1630. The SMILES string of the molecule is COC(=O)c1ccc(Cn2nnc3c(=O)[nH]c(C4CCN(S(=O)(=O)c5ccccc5Cl)CC4)nc32)cc1. The molecular formula is C24H23ClN6O5S. The molecule has 11 nitrogen and oxygen atoms in total. The van der Waals surface area contributed by atoms with Crippen LogP contribution in [0.3, 0.4) is 0 Å². The average molecular weight is 543 g/mol. The van der Waals surface area contributed by atoms with Crippen molar-refractivity contribution < 1.29 is 17.9 Å². The minimum Gasteiger partial charge on any atom is -0.465 e. The van der Waals surface area contributed by atoms with Gasteiger partial charge in [-0.05, 0) is 42.7 Å². The molecule has 13 heteroatoms. The Labute approximate surface area is 217 Å². The van der Waals surface area contributed by atoms with Gasteiger partial charge in [-0.1, -0.05) is 41.1 Å². The lowest BCUT2D eigenvalue weighted by Crippen LogP contribution is -2.38. The smallest absolute Gasteiger partial charge is 0.337 e. The van der Waals surface area contributed by atoms with Gasteiger partial charge in [0.05, 0.1) is 24.2 Å². The number of rotatable bonds is 6. The first-order valence-corrected chi connectivity index (χ1v) is 13.3. The number of fused-ring (bicyclic) bond motifs is 1. The number of hydrogen-bond donors (Lipinski definition) is 1. The number of ether oxygens (including phenoxy) is 1. The lowest BCUT2D eigenvalue weighted by molar-refractivity contribution is 0.0600. The van der Waals surface area contributed by atoms with Crippen LogP contribution in [0.5, 0.6) is 0 Å². The number of nitrogens with zero attached hydrogens (tertiary/aromatic N) is 5. The summed E-state index contributed by atoms with van der Waals surface area (Å²) in [6, 6.07) is 13.2. The van der Waals surface area contributed by atoms with Crippen molar-refractivity contribution in [3.8, 4) is 0 Å². The summed E-state index contributed by atoms with van der Waals surface area (Å²) in [6.45, 7) is 0.830. The lowest BCUT2D eigenvalue weighted by atomic mass is 9.97. The molecule has 0 radical (unpaired) electrons. The summed E-state index contributed by atoms with van der Waals surface area (Å²) in [5.74, 6) is -0.101. The van der Waals surface area contributed by atoms with Gasteiger partial charge in [0, 0.05) is 19.0 Å². The second kappa shape index (κ2) is 10.0. The number of methoxy groups -OCH3 is 1. The number of esters is 1. The Balaban J connectivity index is 1.35. The van der Waals surface area contributed by atoms with Crippen molar-refractivity contribution in [1.29, 1.82) is 0 Å². The number of sulfonamides is 1. The number of carbonyl (C=O) groups excluding carboxylic acids is 1. The van der Waals surface area contributed by atoms with Gasteiger partial charge in [0.2, 0.25) is 10.0 Å².